The molecule has 1 aliphatic rings. The maximum atomic E-state index is 13.6. The van der Waals surface area contributed by atoms with Gasteiger partial charge in [0.1, 0.15) is 29.0 Å². The van der Waals surface area contributed by atoms with Crippen molar-refractivity contribution in [2.75, 3.05) is 19.3 Å². The van der Waals surface area contributed by atoms with Gasteiger partial charge >= 0.3 is 0 Å². The lowest BCUT2D eigenvalue weighted by molar-refractivity contribution is 0.312. The highest BCUT2D eigenvalue weighted by Gasteiger charge is 2.28. The van der Waals surface area contributed by atoms with Gasteiger partial charge in [0, 0.05) is 5.92 Å². The molecule has 0 amide bonds. The molecule has 0 saturated heterocycles. The van der Waals surface area contributed by atoms with E-state index in [-0.39, 0.29) is 34.4 Å². The first-order chi connectivity index (χ1) is 12.5. The Labute approximate surface area is 151 Å². The number of benzene rings is 1. The van der Waals surface area contributed by atoms with Crippen LogP contribution in [-0.2, 0) is 0 Å². The van der Waals surface area contributed by atoms with Gasteiger partial charge in [0.15, 0.2) is 5.82 Å². The molecule has 2 atom stereocenters. The third-order valence-corrected chi connectivity index (χ3v) is 4.94. The fraction of sp³-hybridized carbons (Fsp3) is 0.421. The number of halogens is 1. The van der Waals surface area contributed by atoms with Gasteiger partial charge in [-0.2, -0.15) is 5.26 Å². The molecule has 26 heavy (non-hydrogen) atoms. The SMILES string of the molecule is CNCC1CCCC(c2nc(-c3cc(F)ccc3O)nc(N)c2C#N)C1. The Balaban J connectivity index is 2.05. The van der Waals surface area contributed by atoms with Crippen molar-refractivity contribution in [1.82, 2.24) is 15.3 Å². The molecular formula is C19H22FN5O. The van der Waals surface area contributed by atoms with Gasteiger partial charge in [0.05, 0.1) is 11.3 Å². The molecule has 0 spiro atoms. The summed E-state index contributed by atoms with van der Waals surface area (Å²) in [7, 11) is 1.93. The number of aromatic hydroxyl groups is 1. The van der Waals surface area contributed by atoms with Crippen molar-refractivity contribution in [2.45, 2.75) is 31.6 Å². The van der Waals surface area contributed by atoms with E-state index in [9.17, 15) is 14.8 Å². The van der Waals surface area contributed by atoms with Crippen LogP contribution in [0.4, 0.5) is 10.2 Å². The molecule has 0 aliphatic heterocycles. The number of hydrogen-bond donors (Lipinski definition) is 3. The third kappa shape index (κ3) is 3.60. The van der Waals surface area contributed by atoms with Gasteiger partial charge in [-0.05, 0) is 57.0 Å². The third-order valence-electron chi connectivity index (χ3n) is 4.94. The molecule has 136 valence electrons. The largest absolute Gasteiger partial charge is 0.507 e. The summed E-state index contributed by atoms with van der Waals surface area (Å²) in [4.78, 5) is 8.67. The predicted octanol–water partition coefficient (Wildman–Crippen LogP) is 2.94. The van der Waals surface area contributed by atoms with Crippen LogP contribution in [-0.4, -0.2) is 28.7 Å². The number of nitrogens with two attached hydrogens (primary N) is 1. The van der Waals surface area contributed by atoms with Crippen LogP contribution in [0.3, 0.4) is 0 Å². The molecular weight excluding hydrogens is 333 g/mol. The molecule has 6 nitrogen and oxygen atoms in total. The van der Waals surface area contributed by atoms with E-state index in [2.05, 4.69) is 21.4 Å². The van der Waals surface area contributed by atoms with Gasteiger partial charge < -0.3 is 16.2 Å². The Morgan fingerprint density at radius 1 is 1.38 bits per heavy atom. The highest BCUT2D eigenvalue weighted by atomic mass is 19.1. The minimum Gasteiger partial charge on any atom is -0.507 e. The van der Waals surface area contributed by atoms with Crippen LogP contribution in [0.5, 0.6) is 5.75 Å². The van der Waals surface area contributed by atoms with Crippen molar-refractivity contribution in [3.05, 3.63) is 35.3 Å². The second kappa shape index (κ2) is 7.67. The van der Waals surface area contributed by atoms with E-state index in [0.717, 1.165) is 38.3 Å². The number of phenolic OH excluding ortho intramolecular Hbond substituents is 1. The van der Waals surface area contributed by atoms with E-state index in [1.807, 2.05) is 7.05 Å². The summed E-state index contributed by atoms with van der Waals surface area (Å²) in [6, 6.07) is 5.70. The number of anilines is 1. The Morgan fingerprint density at radius 2 is 2.19 bits per heavy atom. The van der Waals surface area contributed by atoms with Crippen molar-refractivity contribution in [1.29, 1.82) is 5.26 Å². The molecule has 0 radical (unpaired) electrons. The number of rotatable bonds is 4. The molecule has 2 unspecified atom stereocenters. The fourth-order valence-corrected chi connectivity index (χ4v) is 3.73. The molecule has 1 aliphatic carbocycles. The smallest absolute Gasteiger partial charge is 0.165 e. The zero-order valence-corrected chi connectivity index (χ0v) is 14.7. The maximum absolute atomic E-state index is 13.6. The van der Waals surface area contributed by atoms with Crippen LogP contribution in [0.25, 0.3) is 11.4 Å². The van der Waals surface area contributed by atoms with Crippen LogP contribution in [0.15, 0.2) is 18.2 Å². The molecule has 7 heteroatoms. The Hall–Kier alpha value is -2.72. The lowest BCUT2D eigenvalue weighted by Crippen LogP contribution is -2.25. The molecule has 3 rings (SSSR count). The summed E-state index contributed by atoms with van der Waals surface area (Å²) in [5.74, 6) is 0.177. The molecule has 0 bridgehead atoms. The highest BCUT2D eigenvalue weighted by molar-refractivity contribution is 5.67. The summed E-state index contributed by atoms with van der Waals surface area (Å²) >= 11 is 0. The van der Waals surface area contributed by atoms with E-state index in [4.69, 9.17) is 5.73 Å². The summed E-state index contributed by atoms with van der Waals surface area (Å²) in [5.41, 5.74) is 7.04. The monoisotopic (exact) mass is 355 g/mol. The van der Waals surface area contributed by atoms with Gasteiger partial charge in [-0.1, -0.05) is 6.42 Å². The van der Waals surface area contributed by atoms with Crippen LogP contribution in [0, 0.1) is 23.1 Å². The minimum absolute atomic E-state index is 0.0619. The van der Waals surface area contributed by atoms with Crippen molar-refractivity contribution in [3.63, 3.8) is 0 Å². The van der Waals surface area contributed by atoms with Crippen molar-refractivity contribution in [2.24, 2.45) is 5.92 Å². The number of nitrogen functional groups attached to an aromatic ring is 1. The van der Waals surface area contributed by atoms with E-state index in [1.165, 1.54) is 12.1 Å². The first kappa shape index (κ1) is 18.1. The van der Waals surface area contributed by atoms with E-state index < -0.39 is 5.82 Å². The Bertz CT molecular complexity index is 847. The zero-order valence-electron chi connectivity index (χ0n) is 14.7. The molecule has 1 saturated carbocycles. The number of phenols is 1. The summed E-state index contributed by atoms with van der Waals surface area (Å²) < 4.78 is 13.6. The lowest BCUT2D eigenvalue weighted by atomic mass is 9.78. The summed E-state index contributed by atoms with van der Waals surface area (Å²) in [6.45, 7) is 0.913. The first-order valence-electron chi connectivity index (χ1n) is 8.74. The number of nitrogens with zero attached hydrogens (tertiary/aromatic N) is 3. The Kier molecular flexibility index (Phi) is 5.33. The van der Waals surface area contributed by atoms with Crippen LogP contribution >= 0.6 is 0 Å². The van der Waals surface area contributed by atoms with Crippen LogP contribution in [0.2, 0.25) is 0 Å². The topological polar surface area (TPSA) is 108 Å². The van der Waals surface area contributed by atoms with Crippen molar-refractivity contribution >= 4 is 5.82 Å². The second-order valence-corrected chi connectivity index (χ2v) is 6.75. The molecule has 4 N–H and O–H groups in total. The standard InChI is InChI=1S/C19H22FN5O/c1-23-10-11-3-2-4-12(7-11)17-15(9-21)18(22)25-19(24-17)14-8-13(20)5-6-16(14)26/h5-6,8,11-12,23,26H,2-4,7,10H2,1H3,(H2,22,24,25). The van der Waals surface area contributed by atoms with E-state index >= 15 is 0 Å². The van der Waals surface area contributed by atoms with Crippen LogP contribution < -0.4 is 11.1 Å². The predicted molar refractivity (Wildman–Crippen MR) is 96.8 cm³/mol. The van der Waals surface area contributed by atoms with E-state index in [0.29, 0.717) is 11.6 Å². The summed E-state index contributed by atoms with van der Waals surface area (Å²) in [6.07, 6.45) is 4.00. The summed E-state index contributed by atoms with van der Waals surface area (Å²) in [5, 5.41) is 22.8. The average molecular weight is 355 g/mol. The fourth-order valence-electron chi connectivity index (χ4n) is 3.73. The molecule has 2 aromatic rings. The van der Waals surface area contributed by atoms with Gasteiger partial charge in [-0.25, -0.2) is 14.4 Å². The maximum Gasteiger partial charge on any atom is 0.165 e. The highest BCUT2D eigenvalue weighted by Crippen LogP contribution is 2.38. The Morgan fingerprint density at radius 3 is 2.92 bits per heavy atom. The van der Waals surface area contributed by atoms with E-state index in [1.54, 1.807) is 0 Å². The van der Waals surface area contributed by atoms with Crippen molar-refractivity contribution in [3.8, 4) is 23.2 Å². The van der Waals surface area contributed by atoms with Gasteiger partial charge in [0.2, 0.25) is 0 Å². The molecule has 1 aromatic heterocycles. The lowest BCUT2D eigenvalue weighted by Gasteiger charge is -2.29. The molecule has 1 heterocycles. The normalized spacial score (nSPS) is 19.9. The van der Waals surface area contributed by atoms with Gasteiger partial charge in [-0.15, -0.1) is 0 Å². The number of nitrogens with one attached hydrogen (secondary N) is 1. The first-order valence-corrected chi connectivity index (χ1v) is 8.74. The average Bonchev–Trinajstić information content (AvgIpc) is 2.63. The quantitative estimate of drug-likeness (QED) is 0.778. The molecule has 1 fully saturated rings. The van der Waals surface area contributed by atoms with Crippen LogP contribution in [0.1, 0.15) is 42.9 Å². The number of nitriles is 1. The van der Waals surface area contributed by atoms with Gasteiger partial charge in [-0.3, -0.25) is 0 Å². The number of hydrogen-bond acceptors (Lipinski definition) is 6. The minimum atomic E-state index is -0.502. The number of aromatic nitrogens is 2. The second-order valence-electron chi connectivity index (χ2n) is 6.75. The molecule has 1 aromatic carbocycles. The van der Waals surface area contributed by atoms with Gasteiger partial charge in [0.25, 0.3) is 0 Å². The van der Waals surface area contributed by atoms with Crippen molar-refractivity contribution < 1.29 is 9.50 Å². The zero-order chi connectivity index (χ0) is 18.7.